The van der Waals surface area contributed by atoms with Crippen molar-refractivity contribution in [1.82, 2.24) is 0 Å². The number of benzene rings is 1. The smallest absolute Gasteiger partial charge is 0.223 e. The molecule has 2 rings (SSSR count). The van der Waals surface area contributed by atoms with Gasteiger partial charge in [-0.1, -0.05) is 17.7 Å². The number of hydrogen-bond acceptors (Lipinski definition) is 2. The van der Waals surface area contributed by atoms with Crippen molar-refractivity contribution in [2.24, 2.45) is 5.73 Å². The lowest BCUT2D eigenvalue weighted by Crippen LogP contribution is -2.28. The van der Waals surface area contributed by atoms with Crippen LogP contribution in [-0.4, -0.2) is 12.5 Å². The molecular formula is C10H11ClN2O. The van der Waals surface area contributed by atoms with E-state index in [1.54, 1.807) is 17.0 Å². The summed E-state index contributed by atoms with van der Waals surface area (Å²) >= 11 is 5.86. The van der Waals surface area contributed by atoms with E-state index in [4.69, 9.17) is 17.3 Å². The second-order valence-electron chi connectivity index (χ2n) is 3.44. The maximum Gasteiger partial charge on any atom is 0.223 e. The zero-order valence-corrected chi connectivity index (χ0v) is 8.58. The summed E-state index contributed by atoms with van der Waals surface area (Å²) in [6, 6.07) is 5.37. The molecule has 0 aliphatic carbocycles. The van der Waals surface area contributed by atoms with E-state index in [-0.39, 0.29) is 11.9 Å². The number of rotatable bonds is 0. The number of fused-ring (bicyclic) bond motifs is 1. The third-order valence-electron chi connectivity index (χ3n) is 2.44. The molecule has 0 fully saturated rings. The fourth-order valence-electron chi connectivity index (χ4n) is 1.76. The molecule has 2 N–H and O–H groups in total. The molecule has 0 saturated heterocycles. The topological polar surface area (TPSA) is 46.3 Å². The van der Waals surface area contributed by atoms with Crippen molar-refractivity contribution >= 4 is 23.2 Å². The van der Waals surface area contributed by atoms with Crippen molar-refractivity contribution < 1.29 is 4.79 Å². The summed E-state index contributed by atoms with van der Waals surface area (Å²) < 4.78 is 0. The molecule has 14 heavy (non-hydrogen) atoms. The molecule has 1 aromatic rings. The van der Waals surface area contributed by atoms with E-state index in [1.165, 1.54) is 6.92 Å². The molecule has 0 saturated carbocycles. The van der Waals surface area contributed by atoms with Crippen LogP contribution in [-0.2, 0) is 4.79 Å². The molecule has 3 nitrogen and oxygen atoms in total. The maximum absolute atomic E-state index is 11.3. The van der Waals surface area contributed by atoms with E-state index in [1.807, 2.05) is 6.07 Å². The minimum atomic E-state index is -0.0915. The van der Waals surface area contributed by atoms with Crippen LogP contribution in [0.15, 0.2) is 18.2 Å². The number of nitrogens with two attached hydrogens (primary N) is 1. The van der Waals surface area contributed by atoms with Gasteiger partial charge >= 0.3 is 0 Å². The predicted octanol–water partition coefficient (Wildman–Crippen LogP) is 1.71. The lowest BCUT2D eigenvalue weighted by molar-refractivity contribution is -0.116. The van der Waals surface area contributed by atoms with Crippen molar-refractivity contribution in [2.45, 2.75) is 13.0 Å². The largest absolute Gasteiger partial charge is 0.322 e. The Morgan fingerprint density at radius 1 is 1.64 bits per heavy atom. The van der Waals surface area contributed by atoms with E-state index in [9.17, 15) is 4.79 Å². The zero-order chi connectivity index (χ0) is 10.3. The second kappa shape index (κ2) is 3.26. The van der Waals surface area contributed by atoms with Gasteiger partial charge < -0.3 is 10.6 Å². The van der Waals surface area contributed by atoms with E-state index in [2.05, 4.69) is 0 Å². The number of carbonyl (C=O) groups excluding carboxylic acids is 1. The normalized spacial score (nSPS) is 19.6. The molecule has 1 amide bonds. The lowest BCUT2D eigenvalue weighted by Gasteiger charge is -2.14. The van der Waals surface area contributed by atoms with Crippen LogP contribution < -0.4 is 10.6 Å². The van der Waals surface area contributed by atoms with Crippen LogP contribution in [0.2, 0.25) is 5.02 Å². The van der Waals surface area contributed by atoms with Gasteiger partial charge in [0.15, 0.2) is 0 Å². The Morgan fingerprint density at radius 2 is 2.36 bits per heavy atom. The third-order valence-corrected chi connectivity index (χ3v) is 2.68. The van der Waals surface area contributed by atoms with Crippen LogP contribution in [0.25, 0.3) is 0 Å². The first-order valence-corrected chi connectivity index (χ1v) is 4.80. The van der Waals surface area contributed by atoms with Gasteiger partial charge in [-0.3, -0.25) is 4.79 Å². The predicted molar refractivity (Wildman–Crippen MR) is 56.4 cm³/mol. The molecule has 0 aromatic heterocycles. The summed E-state index contributed by atoms with van der Waals surface area (Å²) in [6.07, 6.45) is 0. The van der Waals surface area contributed by atoms with Gasteiger partial charge in [-0.2, -0.15) is 0 Å². The minimum absolute atomic E-state index is 0.00136. The second-order valence-corrected chi connectivity index (χ2v) is 3.88. The molecular weight excluding hydrogens is 200 g/mol. The summed E-state index contributed by atoms with van der Waals surface area (Å²) in [5.41, 5.74) is 7.72. The number of nitrogens with zero attached hydrogens (tertiary/aromatic N) is 1. The van der Waals surface area contributed by atoms with Crippen LogP contribution in [0.5, 0.6) is 0 Å². The molecule has 1 aromatic carbocycles. The first-order valence-electron chi connectivity index (χ1n) is 4.42. The van der Waals surface area contributed by atoms with Gasteiger partial charge in [-0.15, -0.1) is 0 Å². The fourth-order valence-corrected chi connectivity index (χ4v) is 1.92. The van der Waals surface area contributed by atoms with Gasteiger partial charge in [-0.25, -0.2) is 0 Å². The van der Waals surface area contributed by atoms with Crippen molar-refractivity contribution in [1.29, 1.82) is 0 Å². The highest BCUT2D eigenvalue weighted by molar-refractivity contribution is 6.31. The molecule has 0 spiro atoms. The van der Waals surface area contributed by atoms with Gasteiger partial charge in [0.05, 0.1) is 0 Å². The van der Waals surface area contributed by atoms with Gasteiger partial charge in [-0.05, 0) is 17.7 Å². The third kappa shape index (κ3) is 1.38. The van der Waals surface area contributed by atoms with Gasteiger partial charge in [0.1, 0.15) is 0 Å². The van der Waals surface area contributed by atoms with E-state index >= 15 is 0 Å². The molecule has 74 valence electrons. The standard InChI is InChI=1S/C10H11ClN2O/c1-6(14)13-5-9(12)8-3-2-7(11)4-10(8)13/h2-4,9H,5,12H2,1H3. The van der Waals surface area contributed by atoms with Crippen molar-refractivity contribution in [2.75, 3.05) is 11.4 Å². The first kappa shape index (κ1) is 9.49. The summed E-state index contributed by atoms with van der Waals surface area (Å²) in [7, 11) is 0. The Morgan fingerprint density at radius 3 is 3.00 bits per heavy atom. The highest BCUT2D eigenvalue weighted by Crippen LogP contribution is 2.35. The van der Waals surface area contributed by atoms with E-state index < -0.39 is 0 Å². The first-order chi connectivity index (χ1) is 6.59. The Bertz CT molecular complexity index is 392. The van der Waals surface area contributed by atoms with Crippen LogP contribution >= 0.6 is 11.6 Å². The Kier molecular flexibility index (Phi) is 2.21. The zero-order valence-electron chi connectivity index (χ0n) is 7.83. The highest BCUT2D eigenvalue weighted by Gasteiger charge is 2.28. The fraction of sp³-hybridized carbons (Fsp3) is 0.300. The monoisotopic (exact) mass is 210 g/mol. The number of anilines is 1. The average molecular weight is 211 g/mol. The molecule has 1 aliphatic heterocycles. The number of amides is 1. The molecule has 1 aliphatic rings. The van der Waals surface area contributed by atoms with Crippen molar-refractivity contribution in [3.63, 3.8) is 0 Å². The van der Waals surface area contributed by atoms with Crippen molar-refractivity contribution in [3.8, 4) is 0 Å². The summed E-state index contributed by atoms with van der Waals surface area (Å²) in [6.45, 7) is 2.08. The molecule has 4 heteroatoms. The van der Waals surface area contributed by atoms with Gasteiger partial charge in [0, 0.05) is 30.2 Å². The number of halogens is 1. The summed E-state index contributed by atoms with van der Waals surface area (Å²) in [5.74, 6) is 0.00136. The van der Waals surface area contributed by atoms with Crippen LogP contribution in [0.4, 0.5) is 5.69 Å². The Balaban J connectivity index is 2.51. The SMILES string of the molecule is CC(=O)N1CC(N)c2ccc(Cl)cc21. The quantitative estimate of drug-likeness (QED) is 0.709. The van der Waals surface area contributed by atoms with Gasteiger partial charge in [0.25, 0.3) is 0 Å². The minimum Gasteiger partial charge on any atom is -0.322 e. The van der Waals surface area contributed by atoms with Crippen LogP contribution in [0.3, 0.4) is 0 Å². The molecule has 1 atom stereocenters. The van der Waals surface area contributed by atoms with E-state index in [0.717, 1.165) is 11.3 Å². The summed E-state index contributed by atoms with van der Waals surface area (Å²) in [5, 5.41) is 0.629. The summed E-state index contributed by atoms with van der Waals surface area (Å²) in [4.78, 5) is 13.0. The number of carbonyl (C=O) groups is 1. The maximum atomic E-state index is 11.3. The molecule has 1 unspecified atom stereocenters. The molecule has 0 radical (unpaired) electrons. The van der Waals surface area contributed by atoms with Crippen LogP contribution in [0, 0.1) is 0 Å². The lowest BCUT2D eigenvalue weighted by atomic mass is 10.1. The number of hydrogen-bond donors (Lipinski definition) is 1. The Labute approximate surface area is 87.4 Å². The van der Waals surface area contributed by atoms with E-state index in [0.29, 0.717) is 11.6 Å². The average Bonchev–Trinajstić information content (AvgIpc) is 2.43. The van der Waals surface area contributed by atoms with Crippen molar-refractivity contribution in [3.05, 3.63) is 28.8 Å². The molecule has 0 bridgehead atoms. The molecule has 1 heterocycles. The Hall–Kier alpha value is -1.06. The van der Waals surface area contributed by atoms with Gasteiger partial charge in [0.2, 0.25) is 5.91 Å². The van der Waals surface area contributed by atoms with Crippen LogP contribution in [0.1, 0.15) is 18.5 Å². The highest BCUT2D eigenvalue weighted by atomic mass is 35.5.